The zero-order chi connectivity index (χ0) is 14.0. The lowest BCUT2D eigenvalue weighted by molar-refractivity contribution is 0.237. The Balaban J connectivity index is 1.83. The third-order valence-electron chi connectivity index (χ3n) is 3.17. The summed E-state index contributed by atoms with van der Waals surface area (Å²) in [6.07, 6.45) is 0.473. The first-order chi connectivity index (χ1) is 8.87. The summed E-state index contributed by atoms with van der Waals surface area (Å²) in [6.45, 7) is 3.89. The van der Waals surface area contributed by atoms with E-state index in [1.54, 1.807) is 13.8 Å². The quantitative estimate of drug-likeness (QED) is 0.831. The molecular weight excluding hydrogens is 270 g/mol. The predicted octanol–water partition coefficient (Wildman–Crippen LogP) is 0.278. The van der Waals surface area contributed by atoms with E-state index < -0.39 is 9.84 Å². The van der Waals surface area contributed by atoms with E-state index in [0.717, 1.165) is 11.3 Å². The van der Waals surface area contributed by atoms with Crippen molar-refractivity contribution >= 4 is 15.9 Å². The number of aryl methyl sites for hydroxylation is 2. The highest BCUT2D eigenvalue weighted by Crippen LogP contribution is 2.12. The zero-order valence-corrected chi connectivity index (χ0v) is 11.7. The fourth-order valence-corrected chi connectivity index (χ4v) is 3.74. The summed E-state index contributed by atoms with van der Waals surface area (Å²) in [4.78, 5) is 11.7. The van der Waals surface area contributed by atoms with Crippen LogP contribution in [0, 0.1) is 13.8 Å². The molecule has 7 nitrogen and oxygen atoms in total. The molecule has 1 aliphatic heterocycles. The van der Waals surface area contributed by atoms with Gasteiger partial charge in [-0.3, -0.25) is 0 Å². The van der Waals surface area contributed by atoms with Gasteiger partial charge in [0.25, 0.3) is 0 Å². The number of nitrogens with one attached hydrogen (secondary N) is 2. The van der Waals surface area contributed by atoms with Crippen molar-refractivity contribution in [3.8, 4) is 0 Å². The Labute approximate surface area is 111 Å². The van der Waals surface area contributed by atoms with Gasteiger partial charge in [0.05, 0.1) is 17.2 Å². The molecule has 19 heavy (non-hydrogen) atoms. The summed E-state index contributed by atoms with van der Waals surface area (Å²) in [7, 11) is -2.98. The first-order valence-corrected chi connectivity index (χ1v) is 7.86. The molecule has 0 unspecified atom stereocenters. The molecule has 106 valence electrons. The van der Waals surface area contributed by atoms with Gasteiger partial charge in [-0.15, -0.1) is 0 Å². The van der Waals surface area contributed by atoms with Crippen LogP contribution in [-0.4, -0.2) is 37.2 Å². The molecule has 1 aromatic rings. The maximum Gasteiger partial charge on any atom is 0.315 e. The van der Waals surface area contributed by atoms with Crippen LogP contribution in [0.5, 0.6) is 0 Å². The molecular formula is C11H17N3O4S. The highest BCUT2D eigenvalue weighted by atomic mass is 32.2. The summed E-state index contributed by atoms with van der Waals surface area (Å²) < 4.78 is 27.5. The van der Waals surface area contributed by atoms with Crippen molar-refractivity contribution in [2.75, 3.05) is 11.5 Å². The largest absolute Gasteiger partial charge is 0.361 e. The molecule has 1 atom stereocenters. The minimum atomic E-state index is -2.98. The van der Waals surface area contributed by atoms with Crippen LogP contribution in [0.3, 0.4) is 0 Å². The Kier molecular flexibility index (Phi) is 3.79. The summed E-state index contributed by atoms with van der Waals surface area (Å²) in [6, 6.07) is -0.670. The maximum absolute atomic E-state index is 11.7. The van der Waals surface area contributed by atoms with Gasteiger partial charge >= 0.3 is 6.03 Å². The third kappa shape index (κ3) is 3.46. The van der Waals surface area contributed by atoms with Gasteiger partial charge in [0.2, 0.25) is 0 Å². The van der Waals surface area contributed by atoms with Crippen LogP contribution in [0.25, 0.3) is 0 Å². The molecule has 0 saturated carbocycles. The molecule has 2 N–H and O–H groups in total. The number of aromatic nitrogens is 1. The van der Waals surface area contributed by atoms with Gasteiger partial charge in [0.15, 0.2) is 9.84 Å². The highest BCUT2D eigenvalue weighted by molar-refractivity contribution is 7.91. The van der Waals surface area contributed by atoms with E-state index in [2.05, 4.69) is 15.8 Å². The smallest absolute Gasteiger partial charge is 0.315 e. The minimum absolute atomic E-state index is 0.0196. The van der Waals surface area contributed by atoms with Crippen molar-refractivity contribution < 1.29 is 17.7 Å². The van der Waals surface area contributed by atoms with E-state index in [-0.39, 0.29) is 23.6 Å². The van der Waals surface area contributed by atoms with Gasteiger partial charge in [-0.1, -0.05) is 5.16 Å². The molecule has 1 aliphatic rings. The summed E-state index contributed by atoms with van der Waals surface area (Å²) in [5.74, 6) is 0.828. The van der Waals surface area contributed by atoms with Crippen LogP contribution in [0.2, 0.25) is 0 Å². The van der Waals surface area contributed by atoms with Crippen LogP contribution in [-0.2, 0) is 16.4 Å². The fraction of sp³-hybridized carbons (Fsp3) is 0.636. The monoisotopic (exact) mass is 287 g/mol. The number of hydrogen-bond donors (Lipinski definition) is 2. The van der Waals surface area contributed by atoms with Gasteiger partial charge in [0, 0.05) is 18.2 Å². The van der Waals surface area contributed by atoms with Crippen LogP contribution in [0.4, 0.5) is 4.79 Å². The second kappa shape index (κ2) is 5.20. The molecule has 2 heterocycles. The second-order valence-corrected chi connectivity index (χ2v) is 6.96. The molecule has 0 aromatic carbocycles. The number of nitrogens with zero attached hydrogens (tertiary/aromatic N) is 1. The number of carbonyl (C=O) groups excluding carboxylic acids is 1. The lowest BCUT2D eigenvalue weighted by Crippen LogP contribution is -2.42. The average molecular weight is 287 g/mol. The summed E-state index contributed by atoms with van der Waals surface area (Å²) >= 11 is 0. The highest BCUT2D eigenvalue weighted by Gasteiger charge is 2.28. The molecule has 0 radical (unpaired) electrons. The van der Waals surface area contributed by atoms with Crippen molar-refractivity contribution in [1.29, 1.82) is 0 Å². The van der Waals surface area contributed by atoms with E-state index in [9.17, 15) is 13.2 Å². The van der Waals surface area contributed by atoms with Crippen molar-refractivity contribution in [2.24, 2.45) is 0 Å². The Morgan fingerprint density at radius 3 is 2.74 bits per heavy atom. The summed E-state index contributed by atoms with van der Waals surface area (Å²) in [5.41, 5.74) is 1.58. The molecule has 0 aliphatic carbocycles. The minimum Gasteiger partial charge on any atom is -0.361 e. The Morgan fingerprint density at radius 1 is 1.47 bits per heavy atom. The lowest BCUT2D eigenvalue weighted by Gasteiger charge is -2.11. The number of carbonyl (C=O) groups is 1. The molecule has 1 fully saturated rings. The van der Waals surface area contributed by atoms with E-state index in [1.165, 1.54) is 0 Å². The van der Waals surface area contributed by atoms with E-state index in [1.807, 2.05) is 0 Å². The molecule has 1 saturated heterocycles. The van der Waals surface area contributed by atoms with Crippen molar-refractivity contribution in [2.45, 2.75) is 32.9 Å². The topological polar surface area (TPSA) is 101 Å². The predicted molar refractivity (Wildman–Crippen MR) is 68.4 cm³/mol. The molecule has 0 spiro atoms. The molecule has 8 heteroatoms. The number of urea groups is 1. The van der Waals surface area contributed by atoms with Gasteiger partial charge < -0.3 is 15.2 Å². The zero-order valence-electron chi connectivity index (χ0n) is 10.9. The van der Waals surface area contributed by atoms with E-state index in [0.29, 0.717) is 18.7 Å². The van der Waals surface area contributed by atoms with Crippen LogP contribution in [0.1, 0.15) is 23.4 Å². The Hall–Kier alpha value is -1.57. The van der Waals surface area contributed by atoms with Crippen molar-refractivity contribution in [3.05, 3.63) is 17.0 Å². The third-order valence-corrected chi connectivity index (χ3v) is 4.94. The first-order valence-electron chi connectivity index (χ1n) is 6.04. The van der Waals surface area contributed by atoms with Gasteiger partial charge in [0.1, 0.15) is 5.76 Å². The number of rotatable bonds is 3. The number of hydrogen-bond acceptors (Lipinski definition) is 5. The fourth-order valence-electron chi connectivity index (χ4n) is 2.07. The average Bonchev–Trinajstić information content (AvgIpc) is 2.80. The summed E-state index contributed by atoms with van der Waals surface area (Å²) in [5, 5.41) is 9.12. The first kappa shape index (κ1) is 13.9. The van der Waals surface area contributed by atoms with Gasteiger partial charge in [-0.25, -0.2) is 13.2 Å². The SMILES string of the molecule is Cc1noc(C)c1CNC(=O)N[C@@H]1CCS(=O)(=O)C1. The molecule has 2 amide bonds. The van der Waals surface area contributed by atoms with Crippen LogP contribution >= 0.6 is 0 Å². The maximum atomic E-state index is 11.7. The Morgan fingerprint density at radius 2 is 2.21 bits per heavy atom. The van der Waals surface area contributed by atoms with Gasteiger partial charge in [-0.05, 0) is 20.3 Å². The number of amides is 2. The normalized spacial score (nSPS) is 21.3. The molecule has 0 bridgehead atoms. The van der Waals surface area contributed by atoms with Crippen molar-refractivity contribution in [1.82, 2.24) is 15.8 Å². The number of sulfone groups is 1. The molecule has 2 rings (SSSR count). The standard InChI is InChI=1S/C11H17N3O4S/c1-7-10(8(2)18-14-7)5-12-11(15)13-9-3-4-19(16,17)6-9/h9H,3-6H2,1-2H3,(H2,12,13,15)/t9-/m1/s1. The van der Waals surface area contributed by atoms with Crippen molar-refractivity contribution in [3.63, 3.8) is 0 Å². The van der Waals surface area contributed by atoms with Crippen LogP contribution < -0.4 is 10.6 Å². The van der Waals surface area contributed by atoms with Crippen LogP contribution in [0.15, 0.2) is 4.52 Å². The lowest BCUT2D eigenvalue weighted by atomic mass is 10.2. The second-order valence-electron chi connectivity index (χ2n) is 4.73. The van der Waals surface area contributed by atoms with Gasteiger partial charge in [-0.2, -0.15) is 0 Å². The van der Waals surface area contributed by atoms with E-state index >= 15 is 0 Å². The van der Waals surface area contributed by atoms with E-state index in [4.69, 9.17) is 4.52 Å². The Bertz CT molecular complexity index is 559. The molecule has 1 aromatic heterocycles.